The van der Waals surface area contributed by atoms with Crippen molar-refractivity contribution < 1.29 is 33.3 Å². The maximum Gasteiger partial charge on any atom is 0.337 e. The molecule has 0 spiro atoms. The van der Waals surface area contributed by atoms with Gasteiger partial charge in [-0.05, 0) is 62.2 Å². The first-order chi connectivity index (χ1) is 17.8. The van der Waals surface area contributed by atoms with E-state index in [0.717, 1.165) is 5.56 Å². The number of rotatable bonds is 6. The quantitative estimate of drug-likeness (QED) is 0.441. The van der Waals surface area contributed by atoms with Crippen molar-refractivity contribution in [2.75, 3.05) is 21.0 Å². The van der Waals surface area contributed by atoms with Gasteiger partial charge in [0.25, 0.3) is 5.91 Å². The van der Waals surface area contributed by atoms with E-state index in [0.29, 0.717) is 44.7 Å². The number of thioether (sulfide) groups is 1. The second kappa shape index (κ2) is 9.93. The van der Waals surface area contributed by atoms with Gasteiger partial charge in [-0.2, -0.15) is 0 Å². The SMILES string of the molecule is COC(=O)C1=C(C)N[C@@H]2S/C(=C\c3ccc4c(c3)OCO4)C(=O)N2[C@H]1c1ccc(OC(C)C)c(OC)c1. The third kappa shape index (κ3) is 4.57. The van der Waals surface area contributed by atoms with Crippen molar-refractivity contribution in [3.8, 4) is 23.0 Å². The van der Waals surface area contributed by atoms with Crippen LogP contribution in [0.4, 0.5) is 0 Å². The Labute approximate surface area is 219 Å². The number of hydrogen-bond acceptors (Lipinski definition) is 9. The normalized spacial score (nSPS) is 21.3. The Morgan fingerprint density at radius 1 is 1.14 bits per heavy atom. The molecule has 1 saturated heterocycles. The molecule has 0 radical (unpaired) electrons. The second-order valence-electron chi connectivity index (χ2n) is 8.96. The number of ether oxygens (including phenoxy) is 5. The maximum atomic E-state index is 13.8. The van der Waals surface area contributed by atoms with Crippen LogP contribution in [0.2, 0.25) is 0 Å². The number of nitrogens with one attached hydrogen (secondary N) is 1. The smallest absolute Gasteiger partial charge is 0.337 e. The Bertz CT molecular complexity index is 1320. The lowest BCUT2D eigenvalue weighted by Gasteiger charge is -2.39. The van der Waals surface area contributed by atoms with Crippen molar-refractivity contribution in [2.45, 2.75) is 38.4 Å². The van der Waals surface area contributed by atoms with E-state index in [4.69, 9.17) is 23.7 Å². The largest absolute Gasteiger partial charge is 0.493 e. The molecule has 2 aromatic carbocycles. The van der Waals surface area contributed by atoms with Crippen LogP contribution in [0.1, 0.15) is 37.9 Å². The van der Waals surface area contributed by atoms with E-state index >= 15 is 0 Å². The van der Waals surface area contributed by atoms with Gasteiger partial charge in [0, 0.05) is 5.70 Å². The molecule has 0 saturated carbocycles. The maximum absolute atomic E-state index is 13.8. The summed E-state index contributed by atoms with van der Waals surface area (Å²) in [6.45, 7) is 5.85. The molecule has 0 aromatic heterocycles. The van der Waals surface area contributed by atoms with Crippen LogP contribution in [0.15, 0.2) is 52.6 Å². The van der Waals surface area contributed by atoms with E-state index in [1.54, 1.807) is 24.1 Å². The number of allylic oxidation sites excluding steroid dienone is 1. The summed E-state index contributed by atoms with van der Waals surface area (Å²) in [5, 5.41) is 3.30. The zero-order valence-corrected chi connectivity index (χ0v) is 22.0. The Balaban J connectivity index is 1.55. The van der Waals surface area contributed by atoms with Crippen molar-refractivity contribution >= 4 is 29.7 Å². The number of carbonyl (C=O) groups excluding carboxylic acids is 2. The van der Waals surface area contributed by atoms with Crippen LogP contribution in [0, 0.1) is 0 Å². The van der Waals surface area contributed by atoms with Gasteiger partial charge in [-0.25, -0.2) is 4.79 Å². The standard InChI is InChI=1S/C27H28N2O7S/c1-14(2)36-19-9-7-17(12-20(19)32-4)24-23(26(31)33-5)15(3)28-27-29(24)25(30)22(37-27)11-16-6-8-18-21(10-16)35-13-34-18/h6-12,14,24,27-28H,13H2,1-5H3/b22-11-/t24-,27-/m0/s1. The highest BCUT2D eigenvalue weighted by Gasteiger charge is 2.48. The summed E-state index contributed by atoms with van der Waals surface area (Å²) in [5.74, 6) is 1.69. The van der Waals surface area contributed by atoms with Crippen LogP contribution in [0.25, 0.3) is 6.08 Å². The van der Waals surface area contributed by atoms with E-state index < -0.39 is 17.5 Å². The molecule has 3 aliphatic heterocycles. The van der Waals surface area contributed by atoms with E-state index in [1.165, 1.54) is 18.9 Å². The van der Waals surface area contributed by atoms with Gasteiger partial charge in [0.2, 0.25) is 6.79 Å². The minimum Gasteiger partial charge on any atom is -0.493 e. The van der Waals surface area contributed by atoms with E-state index in [1.807, 2.05) is 51.1 Å². The van der Waals surface area contributed by atoms with Crippen LogP contribution in [-0.2, 0) is 14.3 Å². The fourth-order valence-corrected chi connectivity index (χ4v) is 5.80. The third-order valence-corrected chi connectivity index (χ3v) is 7.31. The molecule has 1 amide bonds. The van der Waals surface area contributed by atoms with Crippen LogP contribution in [0.3, 0.4) is 0 Å². The number of nitrogens with zero attached hydrogens (tertiary/aromatic N) is 1. The first-order valence-electron chi connectivity index (χ1n) is 11.8. The first kappa shape index (κ1) is 24.9. The molecular weight excluding hydrogens is 496 g/mol. The number of benzene rings is 2. The van der Waals surface area contributed by atoms with Gasteiger partial charge in [0.1, 0.15) is 0 Å². The van der Waals surface area contributed by atoms with Crippen LogP contribution in [0.5, 0.6) is 23.0 Å². The minimum atomic E-state index is -0.691. The number of hydrogen-bond donors (Lipinski definition) is 1. The highest BCUT2D eigenvalue weighted by atomic mass is 32.2. The number of carbonyl (C=O) groups is 2. The summed E-state index contributed by atoms with van der Waals surface area (Å²) in [6, 6.07) is 10.3. The zero-order valence-electron chi connectivity index (χ0n) is 21.2. The van der Waals surface area contributed by atoms with Gasteiger partial charge in [0.15, 0.2) is 28.5 Å². The van der Waals surface area contributed by atoms with E-state index in [9.17, 15) is 9.59 Å². The van der Waals surface area contributed by atoms with Crippen molar-refractivity contribution in [1.82, 2.24) is 10.2 Å². The van der Waals surface area contributed by atoms with E-state index in [2.05, 4.69) is 5.32 Å². The molecule has 37 heavy (non-hydrogen) atoms. The molecule has 0 aliphatic carbocycles. The molecule has 5 rings (SSSR count). The van der Waals surface area contributed by atoms with Crippen LogP contribution in [-0.4, -0.2) is 49.4 Å². The first-order valence-corrected chi connectivity index (χ1v) is 12.7. The summed E-state index contributed by atoms with van der Waals surface area (Å²) >= 11 is 1.39. The van der Waals surface area contributed by atoms with Crippen molar-refractivity contribution in [3.05, 3.63) is 63.7 Å². The van der Waals surface area contributed by atoms with Crippen LogP contribution < -0.4 is 24.3 Å². The Morgan fingerprint density at radius 3 is 2.65 bits per heavy atom. The zero-order chi connectivity index (χ0) is 26.3. The monoisotopic (exact) mass is 524 g/mol. The Hall–Kier alpha value is -3.79. The lowest BCUT2D eigenvalue weighted by molar-refractivity contribution is -0.138. The molecule has 2 atom stereocenters. The summed E-state index contributed by atoms with van der Waals surface area (Å²) < 4.78 is 27.4. The fourth-order valence-electron chi connectivity index (χ4n) is 4.58. The third-order valence-electron chi connectivity index (χ3n) is 6.20. The van der Waals surface area contributed by atoms with Crippen molar-refractivity contribution in [2.24, 2.45) is 0 Å². The predicted octanol–water partition coefficient (Wildman–Crippen LogP) is 4.20. The molecule has 0 bridgehead atoms. The lowest BCUT2D eigenvalue weighted by Crippen LogP contribution is -2.49. The lowest BCUT2D eigenvalue weighted by atomic mass is 9.93. The fraction of sp³-hybridized carbons (Fsp3) is 0.333. The van der Waals surface area contributed by atoms with Gasteiger partial charge in [0.05, 0.1) is 36.8 Å². The highest BCUT2D eigenvalue weighted by molar-refractivity contribution is 8.05. The molecule has 1 fully saturated rings. The second-order valence-corrected chi connectivity index (χ2v) is 10.1. The average molecular weight is 525 g/mol. The Morgan fingerprint density at radius 2 is 1.92 bits per heavy atom. The molecule has 3 aliphatic rings. The summed E-state index contributed by atoms with van der Waals surface area (Å²) in [5.41, 5.74) is 2.10. The molecule has 10 heteroatoms. The minimum absolute atomic E-state index is 0.0452. The predicted molar refractivity (Wildman–Crippen MR) is 138 cm³/mol. The van der Waals surface area contributed by atoms with Gasteiger partial charge in [-0.3, -0.25) is 9.69 Å². The molecular formula is C27H28N2O7S. The summed E-state index contributed by atoms with van der Waals surface area (Å²) in [6.07, 6.45) is 1.77. The summed E-state index contributed by atoms with van der Waals surface area (Å²) in [4.78, 5) is 28.9. The number of fused-ring (bicyclic) bond motifs is 2. The molecule has 2 aromatic rings. The summed E-state index contributed by atoms with van der Waals surface area (Å²) in [7, 11) is 2.89. The Kier molecular flexibility index (Phi) is 6.68. The van der Waals surface area contributed by atoms with Crippen molar-refractivity contribution in [1.29, 1.82) is 0 Å². The van der Waals surface area contributed by atoms with Crippen LogP contribution >= 0.6 is 11.8 Å². The highest BCUT2D eigenvalue weighted by Crippen LogP contribution is 2.48. The molecule has 3 heterocycles. The number of esters is 1. The number of amides is 1. The van der Waals surface area contributed by atoms with Gasteiger partial charge >= 0.3 is 5.97 Å². The van der Waals surface area contributed by atoms with Gasteiger partial charge in [-0.1, -0.05) is 23.9 Å². The molecule has 194 valence electrons. The van der Waals surface area contributed by atoms with Gasteiger partial charge in [-0.15, -0.1) is 0 Å². The molecule has 1 N–H and O–H groups in total. The molecule has 0 unspecified atom stereocenters. The van der Waals surface area contributed by atoms with Gasteiger partial charge < -0.3 is 29.0 Å². The van der Waals surface area contributed by atoms with E-state index in [-0.39, 0.29) is 18.8 Å². The number of methoxy groups -OCH3 is 2. The van der Waals surface area contributed by atoms with Crippen molar-refractivity contribution in [3.63, 3.8) is 0 Å². The topological polar surface area (TPSA) is 95.6 Å². The molecule has 9 nitrogen and oxygen atoms in total. The average Bonchev–Trinajstić information content (AvgIpc) is 3.46.